The van der Waals surface area contributed by atoms with E-state index in [-0.39, 0.29) is 18.2 Å². The summed E-state index contributed by atoms with van der Waals surface area (Å²) in [6.07, 6.45) is 0.903. The zero-order chi connectivity index (χ0) is 13.5. The molecule has 0 amide bonds. The molecule has 1 aromatic carbocycles. The molecule has 0 aromatic heterocycles. The van der Waals surface area contributed by atoms with E-state index < -0.39 is 12.6 Å². The fourth-order valence-electron chi connectivity index (χ4n) is 1.52. The molecular formula is C12H15F2NO3. The molecule has 0 spiro atoms. The molecule has 6 heteroatoms. The number of halogens is 2. The van der Waals surface area contributed by atoms with Gasteiger partial charge < -0.3 is 15.6 Å². The molecule has 1 rings (SSSR count). The van der Waals surface area contributed by atoms with Gasteiger partial charge in [0.25, 0.3) is 0 Å². The number of benzene rings is 1. The van der Waals surface area contributed by atoms with E-state index in [1.54, 1.807) is 12.1 Å². The Balaban J connectivity index is 2.45. The third-order valence-electron chi connectivity index (χ3n) is 2.38. The van der Waals surface area contributed by atoms with Crippen molar-refractivity contribution in [3.05, 3.63) is 29.8 Å². The van der Waals surface area contributed by atoms with Crippen LogP contribution in [-0.2, 0) is 11.2 Å². The van der Waals surface area contributed by atoms with Gasteiger partial charge in [-0.25, -0.2) is 0 Å². The second-order valence-electron chi connectivity index (χ2n) is 3.92. The average Bonchev–Trinajstić information content (AvgIpc) is 2.28. The lowest BCUT2D eigenvalue weighted by Crippen LogP contribution is -2.23. The minimum absolute atomic E-state index is 0.0216. The van der Waals surface area contributed by atoms with Crippen LogP contribution < -0.4 is 10.5 Å². The second kappa shape index (κ2) is 6.90. The first-order valence-corrected chi connectivity index (χ1v) is 5.48. The number of aliphatic carboxylic acids is 1. The molecule has 0 radical (unpaired) electrons. The highest BCUT2D eigenvalue weighted by Gasteiger charge is 2.08. The quantitative estimate of drug-likeness (QED) is 0.785. The van der Waals surface area contributed by atoms with Crippen LogP contribution in [0.2, 0.25) is 0 Å². The first-order chi connectivity index (χ1) is 8.47. The van der Waals surface area contributed by atoms with Gasteiger partial charge in [-0.15, -0.1) is 0 Å². The van der Waals surface area contributed by atoms with Crippen molar-refractivity contribution in [2.24, 2.45) is 5.73 Å². The summed E-state index contributed by atoms with van der Waals surface area (Å²) in [5.41, 5.74) is 6.61. The summed E-state index contributed by atoms with van der Waals surface area (Å²) in [6, 6.07) is 5.89. The van der Waals surface area contributed by atoms with Crippen molar-refractivity contribution in [3.8, 4) is 5.75 Å². The fraction of sp³-hybridized carbons (Fsp3) is 0.417. The maximum absolute atomic E-state index is 11.9. The number of carboxylic acid groups (broad SMARTS) is 1. The Kier molecular flexibility index (Phi) is 5.51. The van der Waals surface area contributed by atoms with Crippen molar-refractivity contribution in [3.63, 3.8) is 0 Å². The molecule has 0 aliphatic rings. The van der Waals surface area contributed by atoms with Gasteiger partial charge in [0.05, 0.1) is 0 Å². The van der Waals surface area contributed by atoms with Crippen LogP contribution in [0.3, 0.4) is 0 Å². The van der Waals surface area contributed by atoms with Gasteiger partial charge in [0.1, 0.15) is 5.75 Å². The van der Waals surface area contributed by atoms with E-state index >= 15 is 0 Å². The lowest BCUT2D eigenvalue weighted by atomic mass is 10.0. The van der Waals surface area contributed by atoms with Crippen LogP contribution in [0.4, 0.5) is 8.78 Å². The van der Waals surface area contributed by atoms with Crippen LogP contribution in [0.15, 0.2) is 24.3 Å². The molecule has 0 saturated carbocycles. The van der Waals surface area contributed by atoms with Crippen molar-refractivity contribution in [2.45, 2.75) is 31.9 Å². The number of alkyl halides is 2. The fourth-order valence-corrected chi connectivity index (χ4v) is 1.52. The van der Waals surface area contributed by atoms with Gasteiger partial charge in [0, 0.05) is 12.5 Å². The predicted molar refractivity (Wildman–Crippen MR) is 61.6 cm³/mol. The minimum atomic E-state index is -2.84. The molecule has 18 heavy (non-hydrogen) atoms. The minimum Gasteiger partial charge on any atom is -0.481 e. The second-order valence-corrected chi connectivity index (χ2v) is 3.92. The van der Waals surface area contributed by atoms with Crippen molar-refractivity contribution in [1.29, 1.82) is 0 Å². The van der Waals surface area contributed by atoms with Gasteiger partial charge in [-0.05, 0) is 30.5 Å². The molecule has 0 heterocycles. The van der Waals surface area contributed by atoms with E-state index in [2.05, 4.69) is 4.74 Å². The molecule has 0 saturated heterocycles. The normalized spacial score (nSPS) is 12.4. The molecular weight excluding hydrogens is 244 g/mol. The van der Waals surface area contributed by atoms with Crippen molar-refractivity contribution in [2.75, 3.05) is 0 Å². The summed E-state index contributed by atoms with van der Waals surface area (Å²) >= 11 is 0. The Hall–Kier alpha value is -1.69. The maximum Gasteiger partial charge on any atom is 0.387 e. The van der Waals surface area contributed by atoms with Gasteiger partial charge >= 0.3 is 12.6 Å². The van der Waals surface area contributed by atoms with Gasteiger partial charge in [0.2, 0.25) is 0 Å². The number of hydrogen-bond donors (Lipinski definition) is 2. The number of rotatable bonds is 7. The van der Waals surface area contributed by atoms with Crippen molar-refractivity contribution >= 4 is 5.97 Å². The van der Waals surface area contributed by atoms with Crippen molar-refractivity contribution < 1.29 is 23.4 Å². The molecule has 0 aliphatic heterocycles. The summed E-state index contributed by atoms with van der Waals surface area (Å²) in [5.74, 6) is -0.793. The summed E-state index contributed by atoms with van der Waals surface area (Å²) in [7, 11) is 0. The standard InChI is InChI=1S/C12H15F2NO3/c13-12(14)18-10-4-1-8(2-5-10)7-9(15)3-6-11(16)17/h1-2,4-5,9,12H,3,6-7,15H2,(H,16,17). The Labute approximate surface area is 103 Å². The van der Waals surface area contributed by atoms with Gasteiger partial charge in [-0.2, -0.15) is 8.78 Å². The van der Waals surface area contributed by atoms with E-state index in [1.807, 2.05) is 0 Å². The van der Waals surface area contributed by atoms with E-state index in [0.717, 1.165) is 5.56 Å². The molecule has 1 unspecified atom stereocenters. The molecule has 3 N–H and O–H groups in total. The summed E-state index contributed by atoms with van der Waals surface area (Å²) in [5, 5.41) is 8.51. The zero-order valence-corrected chi connectivity index (χ0v) is 9.68. The third kappa shape index (κ3) is 5.58. The SMILES string of the molecule is NC(CCC(=O)O)Cc1ccc(OC(F)F)cc1. The largest absolute Gasteiger partial charge is 0.481 e. The molecule has 1 aromatic rings. The third-order valence-corrected chi connectivity index (χ3v) is 2.38. The first kappa shape index (κ1) is 14.4. The molecule has 100 valence electrons. The summed E-state index contributed by atoms with van der Waals surface area (Å²) in [6.45, 7) is -2.84. The maximum atomic E-state index is 11.9. The Morgan fingerprint density at radius 1 is 1.33 bits per heavy atom. The highest BCUT2D eigenvalue weighted by atomic mass is 19.3. The first-order valence-electron chi connectivity index (χ1n) is 5.48. The smallest absolute Gasteiger partial charge is 0.387 e. The van der Waals surface area contributed by atoms with Crippen molar-refractivity contribution in [1.82, 2.24) is 0 Å². The number of carbonyl (C=O) groups is 1. The summed E-state index contributed by atoms with van der Waals surface area (Å²) < 4.78 is 28.0. The molecule has 0 bridgehead atoms. The van der Waals surface area contributed by atoms with Crippen LogP contribution in [0.25, 0.3) is 0 Å². The zero-order valence-electron chi connectivity index (χ0n) is 9.68. The van der Waals surface area contributed by atoms with Crippen LogP contribution in [0, 0.1) is 0 Å². The molecule has 0 aliphatic carbocycles. The van der Waals surface area contributed by atoms with Crippen LogP contribution >= 0.6 is 0 Å². The number of hydrogen-bond acceptors (Lipinski definition) is 3. The highest BCUT2D eigenvalue weighted by Crippen LogP contribution is 2.16. The molecule has 4 nitrogen and oxygen atoms in total. The lowest BCUT2D eigenvalue weighted by molar-refractivity contribution is -0.137. The molecule has 0 fully saturated rings. The Morgan fingerprint density at radius 3 is 2.44 bits per heavy atom. The number of nitrogens with two attached hydrogens (primary N) is 1. The van der Waals surface area contributed by atoms with Gasteiger partial charge in [0.15, 0.2) is 0 Å². The van der Waals surface area contributed by atoms with Crippen LogP contribution in [-0.4, -0.2) is 23.7 Å². The highest BCUT2D eigenvalue weighted by molar-refractivity contribution is 5.66. The van der Waals surface area contributed by atoms with Crippen LogP contribution in [0.1, 0.15) is 18.4 Å². The number of carboxylic acids is 1. The van der Waals surface area contributed by atoms with E-state index in [1.165, 1.54) is 12.1 Å². The topological polar surface area (TPSA) is 72.6 Å². The molecule has 1 atom stereocenters. The number of ether oxygens (including phenoxy) is 1. The summed E-state index contributed by atoms with van der Waals surface area (Å²) in [4.78, 5) is 10.4. The Morgan fingerprint density at radius 2 is 1.94 bits per heavy atom. The van der Waals surface area contributed by atoms with E-state index in [9.17, 15) is 13.6 Å². The Bertz CT molecular complexity index is 381. The average molecular weight is 259 g/mol. The monoisotopic (exact) mass is 259 g/mol. The van der Waals surface area contributed by atoms with Crippen LogP contribution in [0.5, 0.6) is 5.75 Å². The lowest BCUT2D eigenvalue weighted by Gasteiger charge is -2.11. The van der Waals surface area contributed by atoms with E-state index in [0.29, 0.717) is 12.8 Å². The predicted octanol–water partition coefficient (Wildman–Crippen LogP) is 2.02. The van der Waals surface area contributed by atoms with E-state index in [4.69, 9.17) is 10.8 Å². The van der Waals surface area contributed by atoms with Gasteiger partial charge in [-0.3, -0.25) is 4.79 Å². The van der Waals surface area contributed by atoms with Gasteiger partial charge in [-0.1, -0.05) is 12.1 Å².